The Morgan fingerprint density at radius 3 is 2.62 bits per heavy atom. The van der Waals surface area contributed by atoms with Crippen LogP contribution in [0, 0.1) is 11.2 Å². The summed E-state index contributed by atoms with van der Waals surface area (Å²) in [6, 6.07) is 12.9. The number of hydrogen-bond donors (Lipinski definition) is 1. The summed E-state index contributed by atoms with van der Waals surface area (Å²) in [6.45, 7) is 3.22. The largest absolute Gasteiger partial charge is 0.338 e. The number of benzene rings is 1. The number of pyridine rings is 2. The van der Waals surface area contributed by atoms with Gasteiger partial charge in [-0.3, -0.25) is 29.2 Å². The molecule has 7 heterocycles. The van der Waals surface area contributed by atoms with E-state index >= 15 is 0 Å². The Labute approximate surface area is 280 Å². The number of carbonyl (C=O) groups excluding carboxylic acids is 2. The Morgan fingerprint density at radius 1 is 1.06 bits per heavy atom. The van der Waals surface area contributed by atoms with Crippen molar-refractivity contribution in [3.63, 3.8) is 0 Å². The monoisotopic (exact) mass is 666 g/mol. The van der Waals surface area contributed by atoms with E-state index in [2.05, 4.69) is 48.4 Å². The third-order valence-electron chi connectivity index (χ3n) is 9.72. The molecule has 0 radical (unpaired) electrons. The van der Waals surface area contributed by atoms with E-state index in [9.17, 15) is 14.0 Å². The summed E-state index contributed by atoms with van der Waals surface area (Å²) in [4.78, 5) is 46.0. The normalized spacial score (nSPS) is 20.0. The van der Waals surface area contributed by atoms with Crippen molar-refractivity contribution in [2.24, 2.45) is 12.5 Å². The molecule has 1 N–H and O–H groups in total. The quantitative estimate of drug-likeness (QED) is 0.265. The summed E-state index contributed by atoms with van der Waals surface area (Å²) in [7, 11) is 1.85. The number of amides is 2. The van der Waals surface area contributed by atoms with Gasteiger partial charge >= 0.3 is 0 Å². The Balaban J connectivity index is 0.901. The topological polar surface area (TPSA) is 129 Å². The van der Waals surface area contributed by atoms with Gasteiger partial charge in [-0.05, 0) is 49.1 Å². The van der Waals surface area contributed by atoms with Crippen molar-refractivity contribution in [1.82, 2.24) is 44.7 Å². The Morgan fingerprint density at radius 2 is 1.88 bits per heavy atom. The number of carbonyl (C=O) groups is 2. The van der Waals surface area contributed by atoms with Crippen LogP contribution in [0.2, 0.25) is 5.15 Å². The molecule has 2 saturated heterocycles. The highest BCUT2D eigenvalue weighted by Crippen LogP contribution is 2.42. The summed E-state index contributed by atoms with van der Waals surface area (Å²) in [5.41, 5.74) is 4.30. The first-order chi connectivity index (χ1) is 23.3. The zero-order valence-electron chi connectivity index (χ0n) is 26.2. The zero-order chi connectivity index (χ0) is 33.0. The number of aromatic amines is 1. The van der Waals surface area contributed by atoms with E-state index in [1.807, 2.05) is 24.1 Å². The third kappa shape index (κ3) is 5.42. The first-order valence-electron chi connectivity index (χ1n) is 15.9. The smallest absolute Gasteiger partial charge is 0.237 e. The number of hydrogen-bond acceptors (Lipinski definition) is 8. The molecule has 8 rings (SSSR count). The number of anilines is 1. The van der Waals surface area contributed by atoms with Crippen LogP contribution in [0.15, 0.2) is 61.1 Å². The summed E-state index contributed by atoms with van der Waals surface area (Å²) >= 11 is 5.84. The average molecular weight is 667 g/mol. The molecule has 244 valence electrons. The first-order valence-corrected chi connectivity index (χ1v) is 16.3. The van der Waals surface area contributed by atoms with Crippen LogP contribution in [0.3, 0.4) is 0 Å². The zero-order valence-corrected chi connectivity index (χ0v) is 27.0. The van der Waals surface area contributed by atoms with Crippen LogP contribution in [-0.4, -0.2) is 95.8 Å². The molecule has 0 aliphatic carbocycles. The van der Waals surface area contributed by atoms with Crippen LogP contribution in [0.25, 0.3) is 39.3 Å². The van der Waals surface area contributed by atoms with Gasteiger partial charge in [-0.25, -0.2) is 19.3 Å². The summed E-state index contributed by atoms with van der Waals surface area (Å²) in [6.07, 6.45) is 7.28. The van der Waals surface area contributed by atoms with Crippen LogP contribution in [0.4, 0.5) is 10.2 Å². The van der Waals surface area contributed by atoms with Gasteiger partial charge in [-0.2, -0.15) is 10.2 Å². The number of H-pyrrole nitrogens is 1. The lowest BCUT2D eigenvalue weighted by molar-refractivity contribution is -0.132. The Bertz CT molecular complexity index is 2090. The highest BCUT2D eigenvalue weighted by Gasteiger charge is 2.51. The second-order valence-electron chi connectivity index (χ2n) is 12.7. The number of aryl methyl sites for hydroxylation is 1. The fraction of sp³-hybridized carbons (Fsp3) is 0.324. The molecule has 4 aromatic heterocycles. The maximum atomic E-state index is 14.7. The van der Waals surface area contributed by atoms with E-state index in [0.717, 1.165) is 23.6 Å². The number of nitrogens with one attached hydrogen (secondary N) is 1. The van der Waals surface area contributed by atoms with Gasteiger partial charge < -0.3 is 4.90 Å². The summed E-state index contributed by atoms with van der Waals surface area (Å²) in [5.74, 6) is 0.705. The number of nitrogens with zero attached hydrogens (tertiary/aromatic N) is 9. The molecule has 14 heteroatoms. The lowest BCUT2D eigenvalue weighted by Gasteiger charge is -2.29. The average Bonchev–Trinajstić information content (AvgIpc) is 3.89. The standard InChI is InChI=1S/C34H32ClFN10O2/c1-43-20-38-32(42-43)23-4-2-21(3-5-23)22-8-12-45(13-9-22)29(47)18-44-14-10-34(19-44)11-15-46(33(34)48)28-7-6-26-31(39-28)30(41-40-26)24-17-37-27(35)16-25(24)36/h2-8,16-17,20H,9-15,18-19H2,1H3,(H,40,41)/t34-/m0/s1. The predicted octanol–water partition coefficient (Wildman–Crippen LogP) is 4.35. The molecule has 3 aliphatic heterocycles. The number of fused-ring (bicyclic) bond motifs is 1. The van der Waals surface area contributed by atoms with E-state index in [1.165, 1.54) is 11.8 Å². The van der Waals surface area contributed by atoms with Gasteiger partial charge in [0, 0.05) is 51.1 Å². The molecule has 3 aliphatic rings. The van der Waals surface area contributed by atoms with E-state index in [-0.39, 0.29) is 29.1 Å². The van der Waals surface area contributed by atoms with Crippen LogP contribution in [-0.2, 0) is 16.6 Å². The van der Waals surface area contributed by atoms with Gasteiger partial charge in [0.05, 0.1) is 23.0 Å². The fourth-order valence-electron chi connectivity index (χ4n) is 7.07. The number of halogens is 2. The van der Waals surface area contributed by atoms with Gasteiger partial charge in [0.25, 0.3) is 0 Å². The molecule has 12 nitrogen and oxygen atoms in total. The van der Waals surface area contributed by atoms with Crippen LogP contribution < -0.4 is 4.90 Å². The lowest BCUT2D eigenvalue weighted by Crippen LogP contribution is -2.43. The van der Waals surface area contributed by atoms with Crippen molar-refractivity contribution in [1.29, 1.82) is 0 Å². The molecule has 0 unspecified atom stereocenters. The minimum absolute atomic E-state index is 0.00378. The maximum Gasteiger partial charge on any atom is 0.237 e. The van der Waals surface area contributed by atoms with Crippen molar-refractivity contribution in [3.8, 4) is 22.6 Å². The van der Waals surface area contributed by atoms with Crippen LogP contribution in [0.1, 0.15) is 24.8 Å². The second kappa shape index (κ2) is 11.9. The molecular weight excluding hydrogens is 635 g/mol. The second-order valence-corrected chi connectivity index (χ2v) is 13.1. The SMILES string of the molecule is Cn1cnc(-c2ccc(C3=CCN(C(=O)CN4CC[C@]5(CCN(c6ccc7[nH]nc(-c8cnc(Cl)cc8F)c7n6)C5=O)C4)CC3)cc2)n1. The van der Waals surface area contributed by atoms with Crippen molar-refractivity contribution < 1.29 is 14.0 Å². The molecule has 2 fully saturated rings. The molecular formula is C34H32ClFN10O2. The molecule has 5 aromatic rings. The van der Waals surface area contributed by atoms with Gasteiger partial charge in [0.2, 0.25) is 11.8 Å². The number of aromatic nitrogens is 7. The minimum Gasteiger partial charge on any atom is -0.338 e. The van der Waals surface area contributed by atoms with E-state index in [1.54, 1.807) is 28.0 Å². The number of likely N-dealkylation sites (tertiary alicyclic amines) is 1. The highest BCUT2D eigenvalue weighted by molar-refractivity contribution is 6.29. The molecule has 1 spiro atoms. The maximum absolute atomic E-state index is 14.7. The number of rotatable bonds is 6. The van der Waals surface area contributed by atoms with Gasteiger partial charge in [0.1, 0.15) is 34.3 Å². The molecule has 0 saturated carbocycles. The predicted molar refractivity (Wildman–Crippen MR) is 178 cm³/mol. The lowest BCUT2D eigenvalue weighted by atomic mass is 9.85. The Kier molecular flexibility index (Phi) is 7.52. The molecule has 1 aromatic carbocycles. The highest BCUT2D eigenvalue weighted by atomic mass is 35.5. The van der Waals surface area contributed by atoms with E-state index < -0.39 is 11.2 Å². The van der Waals surface area contributed by atoms with Crippen molar-refractivity contribution in [2.45, 2.75) is 19.3 Å². The van der Waals surface area contributed by atoms with E-state index in [0.29, 0.717) is 73.9 Å². The van der Waals surface area contributed by atoms with Crippen LogP contribution in [0.5, 0.6) is 0 Å². The first kappa shape index (κ1) is 30.3. The van der Waals surface area contributed by atoms with Gasteiger partial charge in [-0.15, -0.1) is 0 Å². The van der Waals surface area contributed by atoms with Crippen molar-refractivity contribution in [3.05, 3.63) is 77.6 Å². The van der Waals surface area contributed by atoms with Crippen molar-refractivity contribution in [2.75, 3.05) is 44.2 Å². The fourth-order valence-corrected chi connectivity index (χ4v) is 7.22. The summed E-state index contributed by atoms with van der Waals surface area (Å²) in [5, 5.41) is 11.6. The third-order valence-corrected chi connectivity index (χ3v) is 9.93. The molecule has 2 amide bonds. The van der Waals surface area contributed by atoms with Gasteiger partial charge in [0.15, 0.2) is 5.82 Å². The molecule has 0 bridgehead atoms. The van der Waals surface area contributed by atoms with E-state index in [4.69, 9.17) is 16.6 Å². The Hall–Kier alpha value is -5.01. The summed E-state index contributed by atoms with van der Waals surface area (Å²) < 4.78 is 16.4. The van der Waals surface area contributed by atoms with Crippen molar-refractivity contribution >= 4 is 45.8 Å². The van der Waals surface area contributed by atoms with Crippen LogP contribution >= 0.6 is 11.6 Å². The van der Waals surface area contributed by atoms with Gasteiger partial charge in [-0.1, -0.05) is 41.9 Å². The molecule has 1 atom stereocenters. The molecule has 48 heavy (non-hydrogen) atoms. The minimum atomic E-state index is -0.561.